The first kappa shape index (κ1) is 14.1. The molecule has 110 valence electrons. The van der Waals surface area contributed by atoms with Gasteiger partial charge in [-0.15, -0.1) is 0 Å². The third-order valence-electron chi connectivity index (χ3n) is 4.34. The van der Waals surface area contributed by atoms with Gasteiger partial charge in [0.2, 0.25) is 0 Å². The van der Waals surface area contributed by atoms with Crippen LogP contribution in [0.3, 0.4) is 0 Å². The zero-order chi connectivity index (χ0) is 14.7. The van der Waals surface area contributed by atoms with Gasteiger partial charge in [-0.1, -0.05) is 18.2 Å². The van der Waals surface area contributed by atoms with Gasteiger partial charge in [0.05, 0.1) is 12.8 Å². The normalized spacial score (nSPS) is 22.4. The van der Waals surface area contributed by atoms with E-state index in [1.54, 1.807) is 7.11 Å². The molecule has 1 aromatic carbocycles. The molecule has 0 aliphatic heterocycles. The van der Waals surface area contributed by atoms with E-state index in [2.05, 4.69) is 35.4 Å². The lowest BCUT2D eigenvalue weighted by Crippen LogP contribution is -2.41. The number of nitrogens with one attached hydrogen (secondary N) is 1. The highest BCUT2D eigenvalue weighted by Crippen LogP contribution is 2.38. The second kappa shape index (κ2) is 6.27. The van der Waals surface area contributed by atoms with Crippen LogP contribution in [0.5, 0.6) is 5.75 Å². The Bertz CT molecular complexity index is 562. The van der Waals surface area contributed by atoms with Crippen LogP contribution in [0.15, 0.2) is 48.7 Å². The number of methoxy groups -OCH3 is 1. The Hall–Kier alpha value is -1.87. The van der Waals surface area contributed by atoms with Crippen LogP contribution >= 0.6 is 0 Å². The van der Waals surface area contributed by atoms with Gasteiger partial charge in [0.25, 0.3) is 0 Å². The molecule has 21 heavy (non-hydrogen) atoms. The van der Waals surface area contributed by atoms with Crippen LogP contribution in [0.25, 0.3) is 0 Å². The molecule has 1 aliphatic rings. The summed E-state index contributed by atoms with van der Waals surface area (Å²) < 4.78 is 5.20. The molecule has 3 heteroatoms. The highest BCUT2D eigenvalue weighted by atomic mass is 16.5. The van der Waals surface area contributed by atoms with E-state index in [0.717, 1.165) is 11.4 Å². The summed E-state index contributed by atoms with van der Waals surface area (Å²) in [5.74, 6) is 1.60. The standard InChI is InChI=1S/C18H22N2O/c1-13(18-5-3-4-10-19-18)20-16-11-15(12-16)14-6-8-17(21-2)9-7-14/h3-10,13,15-16,20H,11-12H2,1-2H3/t13-,15?,16?/m0/s1. The Morgan fingerprint density at radius 1 is 1.14 bits per heavy atom. The van der Waals surface area contributed by atoms with E-state index in [-0.39, 0.29) is 0 Å². The van der Waals surface area contributed by atoms with Gasteiger partial charge in [-0.2, -0.15) is 0 Å². The lowest BCUT2D eigenvalue weighted by Gasteiger charge is -2.38. The summed E-state index contributed by atoms with van der Waals surface area (Å²) in [6.45, 7) is 2.18. The summed E-state index contributed by atoms with van der Waals surface area (Å²) in [6, 6.07) is 15.4. The Kier molecular flexibility index (Phi) is 4.20. The largest absolute Gasteiger partial charge is 0.497 e. The highest BCUT2D eigenvalue weighted by molar-refractivity contribution is 5.31. The monoisotopic (exact) mass is 282 g/mol. The fourth-order valence-electron chi connectivity index (χ4n) is 2.97. The molecule has 0 bridgehead atoms. The molecule has 1 aliphatic carbocycles. The Morgan fingerprint density at radius 3 is 2.52 bits per heavy atom. The van der Waals surface area contributed by atoms with E-state index in [1.807, 2.05) is 30.5 Å². The van der Waals surface area contributed by atoms with Crippen molar-refractivity contribution in [2.75, 3.05) is 7.11 Å². The number of pyridine rings is 1. The maximum Gasteiger partial charge on any atom is 0.118 e. The summed E-state index contributed by atoms with van der Waals surface area (Å²) >= 11 is 0. The minimum absolute atomic E-state index is 0.313. The number of aromatic nitrogens is 1. The smallest absolute Gasteiger partial charge is 0.118 e. The summed E-state index contributed by atoms with van der Waals surface area (Å²) in [4.78, 5) is 4.41. The van der Waals surface area contributed by atoms with Crippen LogP contribution in [0.1, 0.15) is 43.0 Å². The van der Waals surface area contributed by atoms with Gasteiger partial charge in [-0.25, -0.2) is 0 Å². The van der Waals surface area contributed by atoms with Crippen molar-refractivity contribution in [2.45, 2.75) is 37.8 Å². The molecule has 0 unspecified atom stereocenters. The third-order valence-corrected chi connectivity index (χ3v) is 4.34. The molecule has 0 amide bonds. The summed E-state index contributed by atoms with van der Waals surface area (Å²) in [5, 5.41) is 3.67. The van der Waals surface area contributed by atoms with E-state index >= 15 is 0 Å². The quantitative estimate of drug-likeness (QED) is 0.908. The number of benzene rings is 1. The molecule has 1 saturated carbocycles. The zero-order valence-electron chi connectivity index (χ0n) is 12.6. The lowest BCUT2D eigenvalue weighted by atomic mass is 9.75. The van der Waals surface area contributed by atoms with Crippen LogP contribution in [-0.2, 0) is 0 Å². The maximum atomic E-state index is 5.20. The van der Waals surface area contributed by atoms with E-state index in [1.165, 1.54) is 18.4 Å². The molecule has 0 radical (unpaired) electrons. The molecule has 1 fully saturated rings. The first-order chi connectivity index (χ1) is 10.3. The number of rotatable bonds is 5. The molecular weight excluding hydrogens is 260 g/mol. The highest BCUT2D eigenvalue weighted by Gasteiger charge is 2.31. The van der Waals surface area contributed by atoms with E-state index < -0.39 is 0 Å². The lowest BCUT2D eigenvalue weighted by molar-refractivity contribution is 0.269. The van der Waals surface area contributed by atoms with Gasteiger partial charge >= 0.3 is 0 Å². The van der Waals surface area contributed by atoms with Crippen molar-refractivity contribution in [2.24, 2.45) is 0 Å². The van der Waals surface area contributed by atoms with Crippen molar-refractivity contribution in [3.05, 3.63) is 59.9 Å². The predicted molar refractivity (Wildman–Crippen MR) is 84.5 cm³/mol. The molecule has 1 N–H and O–H groups in total. The predicted octanol–water partition coefficient (Wildman–Crippen LogP) is 3.69. The average molecular weight is 282 g/mol. The number of ether oxygens (including phenoxy) is 1. The van der Waals surface area contributed by atoms with Crippen molar-refractivity contribution in [3.8, 4) is 5.75 Å². The summed E-state index contributed by atoms with van der Waals surface area (Å²) in [7, 11) is 1.71. The van der Waals surface area contributed by atoms with Crippen LogP contribution in [-0.4, -0.2) is 18.1 Å². The van der Waals surface area contributed by atoms with Gasteiger partial charge in [0.1, 0.15) is 5.75 Å². The Labute approximate surface area is 126 Å². The van der Waals surface area contributed by atoms with Crippen molar-refractivity contribution < 1.29 is 4.74 Å². The fourth-order valence-corrected chi connectivity index (χ4v) is 2.97. The number of nitrogens with zero attached hydrogens (tertiary/aromatic N) is 1. The van der Waals surface area contributed by atoms with Gasteiger partial charge in [0.15, 0.2) is 0 Å². The number of hydrogen-bond donors (Lipinski definition) is 1. The second-order valence-corrected chi connectivity index (χ2v) is 5.78. The second-order valence-electron chi connectivity index (χ2n) is 5.78. The van der Waals surface area contributed by atoms with Crippen LogP contribution in [0.2, 0.25) is 0 Å². The Morgan fingerprint density at radius 2 is 1.90 bits per heavy atom. The van der Waals surface area contributed by atoms with Crippen LogP contribution in [0, 0.1) is 0 Å². The molecule has 2 aromatic rings. The van der Waals surface area contributed by atoms with Gasteiger partial charge in [-0.05, 0) is 55.5 Å². The SMILES string of the molecule is COc1ccc(C2CC(N[C@@H](C)c3ccccn3)C2)cc1. The Balaban J connectivity index is 1.51. The summed E-state index contributed by atoms with van der Waals surface area (Å²) in [5.41, 5.74) is 2.53. The molecule has 3 nitrogen and oxygen atoms in total. The maximum absolute atomic E-state index is 5.20. The topological polar surface area (TPSA) is 34.1 Å². The van der Waals surface area contributed by atoms with E-state index in [0.29, 0.717) is 18.0 Å². The van der Waals surface area contributed by atoms with E-state index in [4.69, 9.17) is 4.74 Å². The molecular formula is C18H22N2O. The van der Waals surface area contributed by atoms with Crippen LogP contribution in [0.4, 0.5) is 0 Å². The fraction of sp³-hybridized carbons (Fsp3) is 0.389. The minimum atomic E-state index is 0.313. The van der Waals surface area contributed by atoms with Gasteiger partial charge in [-0.3, -0.25) is 4.98 Å². The number of hydrogen-bond acceptors (Lipinski definition) is 3. The molecule has 0 saturated heterocycles. The molecule has 1 heterocycles. The zero-order valence-corrected chi connectivity index (χ0v) is 12.6. The van der Waals surface area contributed by atoms with E-state index in [9.17, 15) is 0 Å². The third kappa shape index (κ3) is 3.24. The molecule has 1 atom stereocenters. The van der Waals surface area contributed by atoms with Gasteiger partial charge < -0.3 is 10.1 Å². The minimum Gasteiger partial charge on any atom is -0.497 e. The molecule has 3 rings (SSSR count). The summed E-state index contributed by atoms with van der Waals surface area (Å²) in [6.07, 6.45) is 4.25. The van der Waals surface area contributed by atoms with Crippen LogP contribution < -0.4 is 10.1 Å². The molecule has 1 aromatic heterocycles. The van der Waals surface area contributed by atoms with Gasteiger partial charge in [0, 0.05) is 18.3 Å². The first-order valence-corrected chi connectivity index (χ1v) is 7.57. The van der Waals surface area contributed by atoms with Crippen molar-refractivity contribution >= 4 is 0 Å². The van der Waals surface area contributed by atoms with Crippen molar-refractivity contribution in [1.82, 2.24) is 10.3 Å². The molecule has 0 spiro atoms. The first-order valence-electron chi connectivity index (χ1n) is 7.57. The van der Waals surface area contributed by atoms with Crippen molar-refractivity contribution in [3.63, 3.8) is 0 Å². The average Bonchev–Trinajstić information content (AvgIpc) is 2.51. The van der Waals surface area contributed by atoms with Crippen molar-refractivity contribution in [1.29, 1.82) is 0 Å².